The van der Waals surface area contributed by atoms with Crippen LogP contribution in [0.1, 0.15) is 0 Å². The van der Waals surface area contributed by atoms with Crippen molar-refractivity contribution in [3.63, 3.8) is 0 Å². The average Bonchev–Trinajstić information content (AvgIpc) is 3.60. The Morgan fingerprint density at radius 1 is 0.943 bits per heavy atom. The van der Waals surface area contributed by atoms with Gasteiger partial charge in [0.15, 0.2) is 5.01 Å². The van der Waals surface area contributed by atoms with Gasteiger partial charge in [-0.3, -0.25) is 14.7 Å². The van der Waals surface area contributed by atoms with Crippen LogP contribution in [0.25, 0.3) is 26.6 Å². The molecule has 5 rings (SSSR count). The van der Waals surface area contributed by atoms with Gasteiger partial charge in [0.1, 0.15) is 17.3 Å². The van der Waals surface area contributed by atoms with Crippen molar-refractivity contribution >= 4 is 50.8 Å². The number of fused-ring (bicyclic) bond motifs is 1. The van der Waals surface area contributed by atoms with Crippen molar-refractivity contribution in [1.29, 1.82) is 0 Å². The summed E-state index contributed by atoms with van der Waals surface area (Å²) in [4.78, 5) is 11.3. The number of benzene rings is 2. The van der Waals surface area contributed by atoms with Crippen molar-refractivity contribution < 1.29 is 19.1 Å². The molecule has 35 heavy (non-hydrogen) atoms. The number of nitrogens with one attached hydrogen (secondary N) is 1. The first-order chi connectivity index (χ1) is 17.0. The normalized spacial score (nSPS) is 10.9. The quantitative estimate of drug-likeness (QED) is 0.231. The van der Waals surface area contributed by atoms with Gasteiger partial charge in [-0.2, -0.15) is 0 Å². The van der Waals surface area contributed by atoms with E-state index in [0.29, 0.717) is 43.3 Å². The minimum Gasteiger partial charge on any atom is -0.497 e. The molecular formula is C21H17N7O5S2. The summed E-state index contributed by atoms with van der Waals surface area (Å²) in [6.45, 7) is 0. The van der Waals surface area contributed by atoms with Crippen molar-refractivity contribution in [2.75, 3.05) is 26.6 Å². The molecule has 0 fully saturated rings. The summed E-state index contributed by atoms with van der Waals surface area (Å²) < 4.78 is 17.8. The van der Waals surface area contributed by atoms with E-state index in [1.165, 1.54) is 43.0 Å². The summed E-state index contributed by atoms with van der Waals surface area (Å²) >= 11 is 2.46. The monoisotopic (exact) mass is 511 g/mol. The molecule has 0 aliphatic carbocycles. The number of hydrogen-bond donors (Lipinski definition) is 1. The predicted octanol–water partition coefficient (Wildman–Crippen LogP) is 4.68. The summed E-state index contributed by atoms with van der Waals surface area (Å²) in [5.74, 6) is 1.11. The zero-order valence-corrected chi connectivity index (χ0v) is 20.2. The van der Waals surface area contributed by atoms with Crippen LogP contribution in [0.2, 0.25) is 0 Å². The highest BCUT2D eigenvalue weighted by Gasteiger charge is 2.27. The zero-order chi connectivity index (χ0) is 24.5. The molecule has 0 radical (unpaired) electrons. The number of aromatic nitrogens is 5. The first-order valence-electron chi connectivity index (χ1n) is 10.0. The lowest BCUT2D eigenvalue weighted by atomic mass is 10.1. The topological polar surface area (TPSA) is 139 Å². The molecule has 3 heterocycles. The summed E-state index contributed by atoms with van der Waals surface area (Å²) in [6, 6.07) is 11.9. The van der Waals surface area contributed by atoms with E-state index < -0.39 is 4.92 Å². The van der Waals surface area contributed by atoms with Crippen LogP contribution in [-0.4, -0.2) is 51.2 Å². The highest BCUT2D eigenvalue weighted by atomic mass is 32.1. The average molecular weight is 512 g/mol. The Bertz CT molecular complexity index is 1540. The second-order valence-electron chi connectivity index (χ2n) is 6.97. The van der Waals surface area contributed by atoms with Crippen LogP contribution in [0.4, 0.5) is 17.2 Å². The van der Waals surface area contributed by atoms with Gasteiger partial charge in [0.2, 0.25) is 5.13 Å². The number of methoxy groups -OCH3 is 3. The van der Waals surface area contributed by atoms with E-state index in [9.17, 15) is 10.1 Å². The molecule has 5 aromatic rings. The maximum atomic E-state index is 11.7. The highest BCUT2D eigenvalue weighted by molar-refractivity contribution is 7.16. The number of para-hydroxylation sites is 2. The largest absolute Gasteiger partial charge is 0.497 e. The molecule has 0 unspecified atom stereocenters. The number of ether oxygens (including phenoxy) is 3. The van der Waals surface area contributed by atoms with E-state index in [0.717, 1.165) is 10.9 Å². The van der Waals surface area contributed by atoms with Gasteiger partial charge >= 0.3 is 0 Å². The first kappa shape index (κ1) is 22.5. The number of nitro benzene ring substituents is 1. The molecule has 178 valence electrons. The van der Waals surface area contributed by atoms with Crippen LogP contribution >= 0.6 is 22.7 Å². The molecule has 0 bridgehead atoms. The molecule has 1 N–H and O–H groups in total. The number of rotatable bonds is 8. The van der Waals surface area contributed by atoms with Crippen LogP contribution < -0.4 is 19.5 Å². The van der Waals surface area contributed by atoms with Crippen molar-refractivity contribution in [2.24, 2.45) is 0 Å². The van der Waals surface area contributed by atoms with E-state index in [2.05, 4.69) is 25.7 Å². The van der Waals surface area contributed by atoms with Crippen LogP contribution in [-0.2, 0) is 0 Å². The molecule has 0 saturated carbocycles. The number of nitro groups is 1. The summed E-state index contributed by atoms with van der Waals surface area (Å²) in [5.41, 5.74) is 1.60. The Hall–Kier alpha value is -4.30. The molecule has 0 spiro atoms. The lowest BCUT2D eigenvalue weighted by Crippen LogP contribution is -2.03. The van der Waals surface area contributed by atoms with E-state index in [1.807, 2.05) is 22.8 Å². The number of hydrogen-bond acceptors (Lipinski definition) is 12. The van der Waals surface area contributed by atoms with Crippen LogP contribution in [0.5, 0.6) is 16.1 Å². The van der Waals surface area contributed by atoms with Crippen LogP contribution in [0.3, 0.4) is 0 Å². The van der Waals surface area contributed by atoms with Gasteiger partial charge in [-0.15, -0.1) is 10.2 Å². The Morgan fingerprint density at radius 3 is 2.37 bits per heavy atom. The molecule has 14 heteroatoms. The van der Waals surface area contributed by atoms with Crippen molar-refractivity contribution in [1.82, 2.24) is 25.0 Å². The molecular weight excluding hydrogens is 494 g/mol. The second-order valence-corrected chi connectivity index (χ2v) is 8.83. The summed E-state index contributed by atoms with van der Waals surface area (Å²) in [5, 5.41) is 34.2. The van der Waals surface area contributed by atoms with Crippen molar-refractivity contribution in [2.45, 2.75) is 0 Å². The van der Waals surface area contributed by atoms with Gasteiger partial charge < -0.3 is 19.5 Å². The molecule has 0 atom stereocenters. The lowest BCUT2D eigenvalue weighted by molar-refractivity contribution is -0.383. The zero-order valence-electron chi connectivity index (χ0n) is 18.6. The number of anilines is 2. The fourth-order valence-electron chi connectivity index (χ4n) is 3.57. The van der Waals surface area contributed by atoms with Gasteiger partial charge in [-0.05, 0) is 35.6 Å². The standard InChI is InChI=1S/C21H17N7O5S2/c1-31-11-8-9-14-12(10-11)16(18-23-25-20(32-2)34-18)17(27(14)19-24-26-21(33-3)35-19)22-13-6-4-5-7-15(13)28(29)30/h4-10,22H,1-3H3. The van der Waals surface area contributed by atoms with Gasteiger partial charge in [-0.1, -0.05) is 33.7 Å². The Morgan fingerprint density at radius 2 is 1.69 bits per heavy atom. The molecule has 0 saturated heterocycles. The minimum absolute atomic E-state index is 0.0856. The third-order valence-corrected chi connectivity index (χ3v) is 6.86. The third kappa shape index (κ3) is 3.98. The van der Waals surface area contributed by atoms with E-state index in [4.69, 9.17) is 14.2 Å². The smallest absolute Gasteiger partial charge is 0.295 e. The Labute approximate surface area is 205 Å². The second kappa shape index (κ2) is 9.15. The van der Waals surface area contributed by atoms with Gasteiger partial charge in [-0.25, -0.2) is 0 Å². The Balaban J connectivity index is 1.85. The summed E-state index contributed by atoms with van der Waals surface area (Å²) in [6.07, 6.45) is 0. The van der Waals surface area contributed by atoms with Crippen LogP contribution in [0, 0.1) is 10.1 Å². The van der Waals surface area contributed by atoms with Gasteiger partial charge in [0, 0.05) is 11.5 Å². The molecule has 3 aromatic heterocycles. The highest BCUT2D eigenvalue weighted by Crippen LogP contribution is 2.46. The molecule has 0 aliphatic heterocycles. The predicted molar refractivity (Wildman–Crippen MR) is 132 cm³/mol. The lowest BCUT2D eigenvalue weighted by Gasteiger charge is -2.11. The maximum absolute atomic E-state index is 11.7. The Kier molecular flexibility index (Phi) is 5.88. The van der Waals surface area contributed by atoms with Gasteiger partial charge in [0.05, 0.1) is 37.3 Å². The maximum Gasteiger partial charge on any atom is 0.295 e. The molecule has 2 aromatic carbocycles. The van der Waals surface area contributed by atoms with E-state index >= 15 is 0 Å². The fraction of sp³-hybridized carbons (Fsp3) is 0.143. The van der Waals surface area contributed by atoms with Crippen molar-refractivity contribution in [3.8, 4) is 31.8 Å². The molecule has 0 aliphatic rings. The SMILES string of the molecule is COc1ccc2c(c1)c(-c1nnc(OC)s1)c(Nc1ccccc1[N+](=O)[O-])n2-c1nnc(OC)s1. The molecule has 12 nitrogen and oxygen atoms in total. The summed E-state index contributed by atoms with van der Waals surface area (Å²) in [7, 11) is 4.60. The van der Waals surface area contributed by atoms with Crippen LogP contribution in [0.15, 0.2) is 42.5 Å². The van der Waals surface area contributed by atoms with Crippen molar-refractivity contribution in [3.05, 3.63) is 52.6 Å². The number of nitrogens with zero attached hydrogens (tertiary/aromatic N) is 6. The third-order valence-electron chi connectivity index (χ3n) is 5.08. The fourth-order valence-corrected chi connectivity index (χ4v) is 4.97. The van der Waals surface area contributed by atoms with Gasteiger partial charge in [0.25, 0.3) is 16.1 Å². The van der Waals surface area contributed by atoms with E-state index in [1.54, 1.807) is 25.3 Å². The van der Waals surface area contributed by atoms with E-state index in [-0.39, 0.29) is 5.69 Å². The molecule has 0 amide bonds. The minimum atomic E-state index is -0.444. The first-order valence-corrected chi connectivity index (χ1v) is 11.7.